The summed E-state index contributed by atoms with van der Waals surface area (Å²) >= 11 is 0. The number of rotatable bonds is 6. The van der Waals surface area contributed by atoms with Gasteiger partial charge in [-0.1, -0.05) is 12.1 Å². The molecule has 2 aromatic rings. The van der Waals surface area contributed by atoms with E-state index in [2.05, 4.69) is 15.5 Å². The molecule has 0 aliphatic rings. The van der Waals surface area contributed by atoms with Crippen LogP contribution in [0.1, 0.15) is 23.7 Å². The second-order valence-electron chi connectivity index (χ2n) is 4.32. The van der Waals surface area contributed by atoms with Gasteiger partial charge in [-0.3, -0.25) is 5.10 Å². The van der Waals surface area contributed by atoms with E-state index < -0.39 is 0 Å². The number of nitrogens with zero attached hydrogens (tertiary/aromatic N) is 1. The van der Waals surface area contributed by atoms with E-state index in [0.717, 1.165) is 16.8 Å². The summed E-state index contributed by atoms with van der Waals surface area (Å²) in [5.74, 6) is 0.738. The Hall–Kier alpha value is -2.01. The molecule has 0 fully saturated rings. The van der Waals surface area contributed by atoms with Gasteiger partial charge in [0.05, 0.1) is 12.8 Å². The van der Waals surface area contributed by atoms with E-state index >= 15 is 0 Å². The number of nitrogens with one attached hydrogen (secondary N) is 2. The van der Waals surface area contributed by atoms with Crippen molar-refractivity contribution < 1.29 is 9.84 Å². The first-order chi connectivity index (χ1) is 9.22. The van der Waals surface area contributed by atoms with Gasteiger partial charge in [-0.25, -0.2) is 0 Å². The normalized spacial score (nSPS) is 10.6. The summed E-state index contributed by atoms with van der Waals surface area (Å²) in [4.78, 5) is 0. The third-order valence-electron chi connectivity index (χ3n) is 2.95. The highest BCUT2D eigenvalue weighted by Gasteiger charge is 2.07. The highest BCUT2D eigenvalue weighted by Crippen LogP contribution is 2.29. The predicted octanol–water partition coefficient (Wildman–Crippen LogP) is 2.11. The number of para-hydroxylation sites is 1. The van der Waals surface area contributed by atoms with Crippen molar-refractivity contribution in [2.45, 2.75) is 26.9 Å². The number of aromatic nitrogens is 2. The van der Waals surface area contributed by atoms with Gasteiger partial charge in [0.15, 0.2) is 11.5 Å². The van der Waals surface area contributed by atoms with Crippen LogP contribution in [0.3, 0.4) is 0 Å². The Morgan fingerprint density at radius 3 is 2.79 bits per heavy atom. The fourth-order valence-electron chi connectivity index (χ4n) is 1.87. The van der Waals surface area contributed by atoms with E-state index in [-0.39, 0.29) is 5.75 Å². The first-order valence-electron chi connectivity index (χ1n) is 6.35. The summed E-state index contributed by atoms with van der Waals surface area (Å²) < 4.78 is 5.36. The minimum atomic E-state index is 0.209. The Labute approximate surface area is 112 Å². The van der Waals surface area contributed by atoms with Crippen LogP contribution in [0.15, 0.2) is 24.4 Å². The monoisotopic (exact) mass is 261 g/mol. The number of benzene rings is 1. The molecule has 0 saturated carbocycles. The second kappa shape index (κ2) is 6.24. The Bertz CT molecular complexity index is 537. The Morgan fingerprint density at radius 1 is 1.32 bits per heavy atom. The quantitative estimate of drug-likeness (QED) is 0.745. The highest BCUT2D eigenvalue weighted by molar-refractivity contribution is 5.45. The lowest BCUT2D eigenvalue weighted by Crippen LogP contribution is -2.13. The van der Waals surface area contributed by atoms with Crippen LogP contribution in [0.4, 0.5) is 0 Å². The fraction of sp³-hybridized carbons (Fsp3) is 0.357. The maximum atomic E-state index is 10.0. The van der Waals surface area contributed by atoms with Crippen molar-refractivity contribution in [1.82, 2.24) is 15.5 Å². The molecule has 5 heteroatoms. The van der Waals surface area contributed by atoms with Crippen molar-refractivity contribution in [2.75, 3.05) is 6.61 Å². The van der Waals surface area contributed by atoms with Crippen LogP contribution >= 0.6 is 0 Å². The molecule has 0 atom stereocenters. The molecule has 0 amide bonds. The van der Waals surface area contributed by atoms with Gasteiger partial charge in [0.1, 0.15) is 0 Å². The maximum absolute atomic E-state index is 10.0. The largest absolute Gasteiger partial charge is 0.504 e. The lowest BCUT2D eigenvalue weighted by atomic mass is 10.1. The van der Waals surface area contributed by atoms with Crippen LogP contribution in [0, 0.1) is 6.92 Å². The van der Waals surface area contributed by atoms with Crippen molar-refractivity contribution >= 4 is 0 Å². The SMILES string of the molecule is CCOc1cccc(CNCc2cn[nH]c2C)c1O. The number of ether oxygens (including phenoxy) is 1. The molecule has 0 aliphatic heterocycles. The lowest BCUT2D eigenvalue weighted by molar-refractivity contribution is 0.316. The minimum absolute atomic E-state index is 0.209. The lowest BCUT2D eigenvalue weighted by Gasteiger charge is -2.10. The zero-order chi connectivity index (χ0) is 13.7. The average Bonchev–Trinajstić information content (AvgIpc) is 2.80. The van der Waals surface area contributed by atoms with Crippen LogP contribution in [0.25, 0.3) is 0 Å². The highest BCUT2D eigenvalue weighted by atomic mass is 16.5. The topological polar surface area (TPSA) is 70.2 Å². The summed E-state index contributed by atoms with van der Waals surface area (Å²) in [7, 11) is 0. The molecule has 1 heterocycles. The molecule has 3 N–H and O–H groups in total. The zero-order valence-corrected chi connectivity index (χ0v) is 11.2. The Kier molecular flexibility index (Phi) is 4.41. The first kappa shape index (κ1) is 13.4. The van der Waals surface area contributed by atoms with Crippen molar-refractivity contribution in [2.24, 2.45) is 0 Å². The minimum Gasteiger partial charge on any atom is -0.504 e. The van der Waals surface area contributed by atoms with E-state index in [1.165, 1.54) is 0 Å². The number of hydrogen-bond acceptors (Lipinski definition) is 4. The van der Waals surface area contributed by atoms with Crippen molar-refractivity contribution in [1.29, 1.82) is 0 Å². The van der Waals surface area contributed by atoms with E-state index in [1.54, 1.807) is 12.3 Å². The molecule has 0 spiro atoms. The Morgan fingerprint density at radius 2 is 2.11 bits per heavy atom. The molecule has 102 valence electrons. The van der Waals surface area contributed by atoms with Crippen LogP contribution < -0.4 is 10.1 Å². The molecule has 0 unspecified atom stereocenters. The fourth-order valence-corrected chi connectivity index (χ4v) is 1.87. The van der Waals surface area contributed by atoms with E-state index in [0.29, 0.717) is 25.4 Å². The summed E-state index contributed by atoms with van der Waals surface area (Å²) in [6.45, 7) is 5.71. The molecule has 5 nitrogen and oxygen atoms in total. The van der Waals surface area contributed by atoms with Crippen molar-refractivity contribution in [3.8, 4) is 11.5 Å². The van der Waals surface area contributed by atoms with Gasteiger partial charge in [-0.05, 0) is 19.9 Å². The summed E-state index contributed by atoms with van der Waals surface area (Å²) in [6, 6.07) is 5.53. The molecular formula is C14H19N3O2. The van der Waals surface area contributed by atoms with Crippen LogP contribution in [-0.2, 0) is 13.1 Å². The van der Waals surface area contributed by atoms with Gasteiger partial charge in [-0.15, -0.1) is 0 Å². The third-order valence-corrected chi connectivity index (χ3v) is 2.95. The average molecular weight is 261 g/mol. The predicted molar refractivity (Wildman–Crippen MR) is 73.1 cm³/mol. The van der Waals surface area contributed by atoms with Gasteiger partial charge in [-0.2, -0.15) is 5.10 Å². The molecule has 0 aliphatic carbocycles. The van der Waals surface area contributed by atoms with Crippen molar-refractivity contribution in [3.05, 3.63) is 41.2 Å². The van der Waals surface area contributed by atoms with Crippen molar-refractivity contribution in [3.63, 3.8) is 0 Å². The summed E-state index contributed by atoms with van der Waals surface area (Å²) in [5.41, 5.74) is 3.01. The Balaban J connectivity index is 1.96. The zero-order valence-electron chi connectivity index (χ0n) is 11.2. The van der Waals surface area contributed by atoms with Gasteiger partial charge >= 0.3 is 0 Å². The number of aromatic amines is 1. The number of phenolic OH excluding ortho intramolecular Hbond substituents is 1. The number of phenols is 1. The van der Waals surface area contributed by atoms with E-state index in [4.69, 9.17) is 4.74 Å². The molecule has 0 radical (unpaired) electrons. The van der Waals surface area contributed by atoms with Crippen LogP contribution in [-0.4, -0.2) is 21.9 Å². The first-order valence-corrected chi connectivity index (χ1v) is 6.35. The summed E-state index contributed by atoms with van der Waals surface area (Å²) in [5, 5.41) is 20.2. The van der Waals surface area contributed by atoms with E-state index in [9.17, 15) is 5.11 Å². The molecule has 2 rings (SSSR count). The number of hydrogen-bond donors (Lipinski definition) is 3. The third kappa shape index (κ3) is 3.26. The van der Waals surface area contributed by atoms with Gasteiger partial charge in [0.2, 0.25) is 0 Å². The van der Waals surface area contributed by atoms with E-state index in [1.807, 2.05) is 26.0 Å². The number of H-pyrrole nitrogens is 1. The van der Waals surface area contributed by atoms with Gasteiger partial charge in [0.25, 0.3) is 0 Å². The standard InChI is InChI=1S/C14H19N3O2/c1-3-19-13-6-4-5-11(14(13)18)7-15-8-12-9-16-17-10(12)2/h4-6,9,15,18H,3,7-8H2,1-2H3,(H,16,17). The van der Waals surface area contributed by atoms with Crippen LogP contribution in [0.5, 0.6) is 11.5 Å². The second-order valence-corrected chi connectivity index (χ2v) is 4.32. The molecular weight excluding hydrogens is 242 g/mol. The maximum Gasteiger partial charge on any atom is 0.162 e. The van der Waals surface area contributed by atoms with Gasteiger partial charge < -0.3 is 15.2 Å². The molecule has 1 aromatic heterocycles. The number of aromatic hydroxyl groups is 1. The summed E-state index contributed by atoms with van der Waals surface area (Å²) in [6.07, 6.45) is 1.80. The molecule has 0 saturated heterocycles. The smallest absolute Gasteiger partial charge is 0.162 e. The number of aryl methyl sites for hydroxylation is 1. The van der Waals surface area contributed by atoms with Crippen LogP contribution in [0.2, 0.25) is 0 Å². The molecule has 19 heavy (non-hydrogen) atoms. The van der Waals surface area contributed by atoms with Gasteiger partial charge in [0, 0.05) is 29.9 Å². The molecule has 0 bridgehead atoms. The molecule has 1 aromatic carbocycles.